The Kier molecular flexibility index (Phi) is 4.17. The second-order valence-electron chi connectivity index (χ2n) is 3.76. The van der Waals surface area contributed by atoms with Gasteiger partial charge in [-0.2, -0.15) is 0 Å². The number of halogens is 1. The third-order valence-electron chi connectivity index (χ3n) is 2.78. The smallest absolute Gasteiger partial charge is 0.126 e. The molecule has 1 aromatic rings. The van der Waals surface area contributed by atoms with Gasteiger partial charge in [-0.25, -0.2) is 0 Å². The van der Waals surface area contributed by atoms with Crippen LogP contribution in [0.3, 0.4) is 0 Å². The first-order chi connectivity index (χ1) is 7.02. The minimum Gasteiger partial charge on any atom is -0.496 e. The van der Waals surface area contributed by atoms with Gasteiger partial charge in [0.15, 0.2) is 0 Å². The van der Waals surface area contributed by atoms with E-state index in [1.807, 2.05) is 7.05 Å². The van der Waals surface area contributed by atoms with Crippen molar-refractivity contribution in [1.29, 1.82) is 0 Å². The van der Waals surface area contributed by atoms with E-state index in [1.165, 1.54) is 11.1 Å². The highest BCUT2D eigenvalue weighted by atomic mass is 79.9. The number of nitrogens with one attached hydrogen (secondary N) is 1. The quantitative estimate of drug-likeness (QED) is 0.911. The van der Waals surface area contributed by atoms with E-state index in [1.54, 1.807) is 7.11 Å². The topological polar surface area (TPSA) is 21.3 Å². The lowest BCUT2D eigenvalue weighted by molar-refractivity contribution is 0.400. The molecular weight excluding hydrogens is 254 g/mol. The van der Waals surface area contributed by atoms with Crippen LogP contribution in [-0.2, 0) is 0 Å². The van der Waals surface area contributed by atoms with Crippen molar-refractivity contribution < 1.29 is 4.74 Å². The van der Waals surface area contributed by atoms with Crippen LogP contribution in [0.5, 0.6) is 5.75 Å². The third kappa shape index (κ3) is 2.34. The second-order valence-corrected chi connectivity index (χ2v) is 4.61. The predicted molar refractivity (Wildman–Crippen MR) is 67.6 cm³/mol. The highest BCUT2D eigenvalue weighted by Crippen LogP contribution is 2.35. The SMILES string of the molecule is CNC(C)c1c(C)c(Br)cc(C)c1OC. The van der Waals surface area contributed by atoms with Crippen molar-refractivity contribution in [2.24, 2.45) is 0 Å². The summed E-state index contributed by atoms with van der Waals surface area (Å²) in [4.78, 5) is 0. The van der Waals surface area contributed by atoms with E-state index >= 15 is 0 Å². The summed E-state index contributed by atoms with van der Waals surface area (Å²) < 4.78 is 6.61. The van der Waals surface area contributed by atoms with E-state index in [0.717, 1.165) is 15.8 Å². The average Bonchev–Trinajstić information content (AvgIpc) is 2.21. The molecule has 0 aromatic heterocycles. The van der Waals surface area contributed by atoms with Crippen LogP contribution in [0.2, 0.25) is 0 Å². The summed E-state index contributed by atoms with van der Waals surface area (Å²) in [5.74, 6) is 0.984. The summed E-state index contributed by atoms with van der Waals surface area (Å²) in [6.07, 6.45) is 0. The first-order valence-corrected chi connectivity index (χ1v) is 5.83. The van der Waals surface area contributed by atoms with Gasteiger partial charge in [-0.05, 0) is 45.0 Å². The molecule has 0 spiro atoms. The fraction of sp³-hybridized carbons (Fsp3) is 0.500. The Balaban J connectivity index is 3.43. The number of benzene rings is 1. The highest BCUT2D eigenvalue weighted by Gasteiger charge is 2.17. The van der Waals surface area contributed by atoms with Crippen molar-refractivity contribution in [2.45, 2.75) is 26.8 Å². The summed E-state index contributed by atoms with van der Waals surface area (Å²) in [5, 5.41) is 3.25. The van der Waals surface area contributed by atoms with Crippen LogP contribution in [0.4, 0.5) is 0 Å². The van der Waals surface area contributed by atoms with Crippen molar-refractivity contribution in [3.05, 3.63) is 27.2 Å². The fourth-order valence-electron chi connectivity index (χ4n) is 1.81. The highest BCUT2D eigenvalue weighted by molar-refractivity contribution is 9.10. The van der Waals surface area contributed by atoms with Crippen LogP contribution < -0.4 is 10.1 Å². The molecule has 1 atom stereocenters. The van der Waals surface area contributed by atoms with Crippen LogP contribution in [0.25, 0.3) is 0 Å². The Labute approximate surface area is 100 Å². The maximum absolute atomic E-state index is 5.47. The largest absolute Gasteiger partial charge is 0.496 e. The molecule has 0 bridgehead atoms. The zero-order chi connectivity index (χ0) is 11.6. The van der Waals surface area contributed by atoms with E-state index in [9.17, 15) is 0 Å². The molecule has 3 heteroatoms. The third-order valence-corrected chi connectivity index (χ3v) is 3.60. The Morgan fingerprint density at radius 1 is 1.40 bits per heavy atom. The molecule has 0 aliphatic rings. The van der Waals surface area contributed by atoms with Gasteiger partial charge < -0.3 is 10.1 Å². The molecular formula is C12H18BrNO. The molecule has 0 heterocycles. The lowest BCUT2D eigenvalue weighted by atomic mass is 9.98. The first-order valence-electron chi connectivity index (χ1n) is 5.03. The monoisotopic (exact) mass is 271 g/mol. The van der Waals surface area contributed by atoms with E-state index in [-0.39, 0.29) is 6.04 Å². The number of aryl methyl sites for hydroxylation is 1. The van der Waals surface area contributed by atoms with Gasteiger partial charge in [0, 0.05) is 16.1 Å². The van der Waals surface area contributed by atoms with E-state index < -0.39 is 0 Å². The fourth-order valence-corrected chi connectivity index (χ4v) is 2.37. The molecule has 0 saturated carbocycles. The average molecular weight is 272 g/mol. The molecule has 0 saturated heterocycles. The van der Waals surface area contributed by atoms with Gasteiger partial charge in [-0.1, -0.05) is 15.9 Å². The molecule has 1 aromatic carbocycles. The summed E-state index contributed by atoms with van der Waals surface area (Å²) >= 11 is 3.57. The molecule has 0 aliphatic carbocycles. The van der Waals surface area contributed by atoms with Gasteiger partial charge in [-0.3, -0.25) is 0 Å². The summed E-state index contributed by atoms with van der Waals surface area (Å²) in [5.41, 5.74) is 3.62. The summed E-state index contributed by atoms with van der Waals surface area (Å²) in [6.45, 7) is 6.31. The maximum Gasteiger partial charge on any atom is 0.126 e. The minimum atomic E-state index is 0.288. The van der Waals surface area contributed by atoms with Crippen molar-refractivity contribution >= 4 is 15.9 Å². The Morgan fingerprint density at radius 3 is 2.47 bits per heavy atom. The predicted octanol–water partition coefficient (Wildman–Crippen LogP) is 3.35. The van der Waals surface area contributed by atoms with Gasteiger partial charge in [0.25, 0.3) is 0 Å². The van der Waals surface area contributed by atoms with Crippen molar-refractivity contribution in [3.8, 4) is 5.75 Å². The zero-order valence-corrected chi connectivity index (χ0v) is 11.5. The van der Waals surface area contributed by atoms with E-state index in [2.05, 4.69) is 48.1 Å². The number of rotatable bonds is 3. The Morgan fingerprint density at radius 2 is 2.00 bits per heavy atom. The minimum absolute atomic E-state index is 0.288. The van der Waals surface area contributed by atoms with Crippen molar-refractivity contribution in [2.75, 3.05) is 14.2 Å². The van der Waals surface area contributed by atoms with Crippen molar-refractivity contribution in [1.82, 2.24) is 5.32 Å². The van der Waals surface area contributed by atoms with E-state index in [0.29, 0.717) is 0 Å². The number of hydrogen-bond acceptors (Lipinski definition) is 2. The molecule has 84 valence electrons. The second kappa shape index (κ2) is 4.99. The molecule has 1 rings (SSSR count). The lowest BCUT2D eigenvalue weighted by Gasteiger charge is -2.20. The Bertz CT molecular complexity index is 363. The normalized spacial score (nSPS) is 12.7. The Hall–Kier alpha value is -0.540. The van der Waals surface area contributed by atoms with E-state index in [4.69, 9.17) is 4.74 Å². The van der Waals surface area contributed by atoms with Gasteiger partial charge >= 0.3 is 0 Å². The summed E-state index contributed by atoms with van der Waals surface area (Å²) in [6, 6.07) is 2.39. The van der Waals surface area contributed by atoms with Crippen LogP contribution in [0, 0.1) is 13.8 Å². The molecule has 0 fully saturated rings. The summed E-state index contributed by atoms with van der Waals surface area (Å²) in [7, 11) is 3.68. The maximum atomic E-state index is 5.47. The number of hydrogen-bond donors (Lipinski definition) is 1. The van der Waals surface area contributed by atoms with Crippen LogP contribution in [0.1, 0.15) is 29.7 Å². The van der Waals surface area contributed by atoms with Crippen LogP contribution in [0.15, 0.2) is 10.5 Å². The molecule has 0 amide bonds. The van der Waals surface area contributed by atoms with Gasteiger partial charge in [0.05, 0.1) is 7.11 Å². The van der Waals surface area contributed by atoms with Gasteiger partial charge in [0.2, 0.25) is 0 Å². The molecule has 2 nitrogen and oxygen atoms in total. The zero-order valence-electron chi connectivity index (χ0n) is 9.94. The standard InChI is InChI=1S/C12H18BrNO/c1-7-6-10(13)8(2)11(9(3)14-4)12(7)15-5/h6,9,14H,1-5H3. The first kappa shape index (κ1) is 12.5. The molecule has 1 unspecified atom stereocenters. The molecule has 15 heavy (non-hydrogen) atoms. The molecule has 1 N–H and O–H groups in total. The number of ether oxygens (including phenoxy) is 1. The molecule has 0 aliphatic heterocycles. The van der Waals surface area contributed by atoms with Crippen LogP contribution >= 0.6 is 15.9 Å². The van der Waals surface area contributed by atoms with Crippen LogP contribution in [-0.4, -0.2) is 14.2 Å². The molecule has 0 radical (unpaired) electrons. The van der Waals surface area contributed by atoms with Crippen molar-refractivity contribution in [3.63, 3.8) is 0 Å². The lowest BCUT2D eigenvalue weighted by Crippen LogP contribution is -2.15. The van der Waals surface area contributed by atoms with Gasteiger partial charge in [-0.15, -0.1) is 0 Å². The van der Waals surface area contributed by atoms with Gasteiger partial charge in [0.1, 0.15) is 5.75 Å². The number of methoxy groups -OCH3 is 1.